The number of carbonyl (C=O) groups excluding carboxylic acids is 2. The number of aromatic nitrogens is 1. The van der Waals surface area contributed by atoms with Gasteiger partial charge >= 0.3 is 6.09 Å². The van der Waals surface area contributed by atoms with Crippen LogP contribution in [0.1, 0.15) is 33.6 Å². The number of fused-ring (bicyclic) bond motifs is 1. The predicted molar refractivity (Wildman–Crippen MR) is 134 cm³/mol. The summed E-state index contributed by atoms with van der Waals surface area (Å²) in [7, 11) is 0. The molecule has 3 aromatic carbocycles. The van der Waals surface area contributed by atoms with Crippen LogP contribution in [-0.2, 0) is 22.7 Å². The van der Waals surface area contributed by atoms with Gasteiger partial charge in [0, 0.05) is 28.6 Å². The summed E-state index contributed by atoms with van der Waals surface area (Å²) in [5.41, 5.74) is 4.26. The minimum absolute atomic E-state index is 0.0950. The number of nitrogens with zero attached hydrogens (tertiary/aromatic N) is 1. The molecule has 0 bridgehead atoms. The third-order valence-corrected chi connectivity index (χ3v) is 6.47. The smallest absolute Gasteiger partial charge is 0.410 e. The van der Waals surface area contributed by atoms with E-state index in [4.69, 9.17) is 9.47 Å². The largest absolute Gasteiger partial charge is 0.445 e. The van der Waals surface area contributed by atoms with Crippen molar-refractivity contribution in [1.29, 1.82) is 0 Å². The van der Waals surface area contributed by atoms with Crippen LogP contribution in [0, 0.1) is 6.92 Å². The Hall–Kier alpha value is -3.90. The molecule has 6 nitrogen and oxygen atoms in total. The molecule has 1 fully saturated rings. The number of carbonyl (C=O) groups is 2. The quantitative estimate of drug-likeness (QED) is 0.356. The Labute approximate surface area is 204 Å². The number of rotatable bonds is 7. The highest BCUT2D eigenvalue weighted by atomic mass is 16.6. The monoisotopic (exact) mass is 468 g/mol. The van der Waals surface area contributed by atoms with Crippen LogP contribution >= 0.6 is 0 Å². The van der Waals surface area contributed by atoms with E-state index in [1.165, 1.54) is 4.90 Å². The number of aryl methyl sites for hydroxylation is 1. The molecule has 1 aliphatic rings. The van der Waals surface area contributed by atoms with Gasteiger partial charge in [-0.25, -0.2) is 4.79 Å². The van der Waals surface area contributed by atoms with Crippen molar-refractivity contribution in [3.63, 3.8) is 0 Å². The fourth-order valence-electron chi connectivity index (χ4n) is 4.72. The van der Waals surface area contributed by atoms with Crippen molar-refractivity contribution in [1.82, 2.24) is 9.88 Å². The average molecular weight is 469 g/mol. The standard InChI is InChI=1S/C29H28N2O4/c1-20-27(24-14-8-9-15-25(24)30-20)28(32)26-16-23(34-18-21-10-4-2-5-11-21)17-31(26)29(33)35-19-22-12-6-3-7-13-22/h2-15,23,26,30H,16-19H2,1H3/t23-,26+/m0/s1. The van der Waals surface area contributed by atoms with Gasteiger partial charge in [-0.15, -0.1) is 0 Å². The molecule has 1 aromatic heterocycles. The SMILES string of the molecule is Cc1[nH]c2ccccc2c1C(=O)[C@H]1C[C@H](OCc2ccccc2)CN1C(=O)OCc1ccccc1. The van der Waals surface area contributed by atoms with Crippen molar-refractivity contribution in [2.75, 3.05) is 6.54 Å². The second kappa shape index (κ2) is 10.2. The molecule has 2 heterocycles. The first kappa shape index (κ1) is 22.9. The summed E-state index contributed by atoms with van der Waals surface area (Å²) in [6.07, 6.45) is -0.347. The van der Waals surface area contributed by atoms with E-state index in [1.54, 1.807) is 0 Å². The van der Waals surface area contributed by atoms with E-state index in [-0.39, 0.29) is 18.5 Å². The van der Waals surface area contributed by atoms with Gasteiger partial charge in [0.15, 0.2) is 5.78 Å². The molecule has 2 atom stereocenters. The Bertz CT molecular complexity index is 1320. The molecule has 6 heteroatoms. The fraction of sp³-hybridized carbons (Fsp3) is 0.241. The first-order valence-electron chi connectivity index (χ1n) is 11.8. The highest BCUT2D eigenvalue weighted by molar-refractivity contribution is 6.12. The highest BCUT2D eigenvalue weighted by Crippen LogP contribution is 2.30. The van der Waals surface area contributed by atoms with Crippen LogP contribution in [0.2, 0.25) is 0 Å². The molecular weight excluding hydrogens is 440 g/mol. The summed E-state index contributed by atoms with van der Waals surface area (Å²) in [6.45, 7) is 2.77. The van der Waals surface area contributed by atoms with Gasteiger partial charge in [0.1, 0.15) is 12.6 Å². The second-order valence-corrected chi connectivity index (χ2v) is 8.90. The molecule has 4 aromatic rings. The van der Waals surface area contributed by atoms with Gasteiger partial charge in [0.2, 0.25) is 0 Å². The van der Waals surface area contributed by atoms with E-state index in [2.05, 4.69) is 4.98 Å². The molecule has 1 aliphatic heterocycles. The maximum absolute atomic E-state index is 13.8. The number of nitrogens with one attached hydrogen (secondary N) is 1. The number of ketones is 1. The van der Waals surface area contributed by atoms with Gasteiger partial charge in [-0.3, -0.25) is 9.69 Å². The lowest BCUT2D eigenvalue weighted by Gasteiger charge is -2.23. The zero-order chi connectivity index (χ0) is 24.2. The predicted octanol–water partition coefficient (Wildman–Crippen LogP) is 5.66. The Balaban J connectivity index is 1.37. The van der Waals surface area contributed by atoms with E-state index in [1.807, 2.05) is 91.9 Å². The van der Waals surface area contributed by atoms with Gasteiger partial charge in [-0.1, -0.05) is 78.9 Å². The van der Waals surface area contributed by atoms with Gasteiger partial charge < -0.3 is 14.5 Å². The first-order chi connectivity index (χ1) is 17.1. The van der Waals surface area contributed by atoms with E-state index in [0.717, 1.165) is 27.7 Å². The lowest BCUT2D eigenvalue weighted by Crippen LogP contribution is -2.41. The number of benzene rings is 3. The Morgan fingerprint density at radius 1 is 0.886 bits per heavy atom. The summed E-state index contributed by atoms with van der Waals surface area (Å²) < 4.78 is 11.7. The average Bonchev–Trinajstić information content (AvgIpc) is 3.47. The van der Waals surface area contributed by atoms with Crippen LogP contribution in [0.5, 0.6) is 0 Å². The van der Waals surface area contributed by atoms with Gasteiger partial charge in [-0.2, -0.15) is 0 Å². The molecule has 1 saturated heterocycles. The summed E-state index contributed by atoms with van der Waals surface area (Å²) in [4.78, 5) is 31.8. The molecule has 1 N–H and O–H groups in total. The van der Waals surface area contributed by atoms with Gasteiger partial charge in [-0.05, 0) is 24.1 Å². The third-order valence-electron chi connectivity index (χ3n) is 6.47. The molecular formula is C29H28N2O4. The molecule has 0 saturated carbocycles. The third kappa shape index (κ3) is 4.98. The Kier molecular flexibility index (Phi) is 6.64. The molecule has 1 amide bonds. The Morgan fingerprint density at radius 2 is 1.51 bits per heavy atom. The second-order valence-electron chi connectivity index (χ2n) is 8.90. The van der Waals surface area contributed by atoms with E-state index in [9.17, 15) is 9.59 Å². The van der Waals surface area contributed by atoms with E-state index >= 15 is 0 Å². The number of hydrogen-bond donors (Lipinski definition) is 1. The minimum Gasteiger partial charge on any atom is -0.445 e. The molecule has 5 rings (SSSR count). The summed E-state index contributed by atoms with van der Waals surface area (Å²) in [5.74, 6) is -0.0950. The highest BCUT2D eigenvalue weighted by Gasteiger charge is 2.42. The molecule has 35 heavy (non-hydrogen) atoms. The number of likely N-dealkylation sites (tertiary alicyclic amines) is 1. The van der Waals surface area contributed by atoms with Crippen LogP contribution in [0.15, 0.2) is 84.9 Å². The maximum Gasteiger partial charge on any atom is 0.410 e. The number of Topliss-reactive ketones (excluding diaryl/α,β-unsaturated/α-hetero) is 1. The minimum atomic E-state index is -0.656. The summed E-state index contributed by atoms with van der Waals surface area (Å²) >= 11 is 0. The summed E-state index contributed by atoms with van der Waals surface area (Å²) in [5, 5.41) is 0.862. The normalized spacial score (nSPS) is 17.6. The molecule has 0 spiro atoms. The molecule has 0 radical (unpaired) electrons. The van der Waals surface area contributed by atoms with Crippen LogP contribution in [0.4, 0.5) is 4.79 Å². The van der Waals surface area contributed by atoms with Crippen LogP contribution in [0.3, 0.4) is 0 Å². The zero-order valence-corrected chi connectivity index (χ0v) is 19.6. The number of amides is 1. The first-order valence-corrected chi connectivity index (χ1v) is 11.8. The molecule has 0 aliphatic carbocycles. The van der Waals surface area contributed by atoms with Crippen molar-refractivity contribution in [3.8, 4) is 0 Å². The van der Waals surface area contributed by atoms with Crippen molar-refractivity contribution >= 4 is 22.8 Å². The molecule has 178 valence electrons. The number of aromatic amines is 1. The van der Waals surface area contributed by atoms with Crippen molar-refractivity contribution in [3.05, 3.63) is 107 Å². The maximum atomic E-state index is 13.8. The Morgan fingerprint density at radius 3 is 2.23 bits per heavy atom. The number of para-hydroxylation sites is 1. The number of H-pyrrole nitrogens is 1. The van der Waals surface area contributed by atoms with Crippen LogP contribution in [0.25, 0.3) is 10.9 Å². The van der Waals surface area contributed by atoms with Gasteiger partial charge in [0.25, 0.3) is 0 Å². The lowest BCUT2D eigenvalue weighted by molar-refractivity contribution is 0.0431. The van der Waals surface area contributed by atoms with Gasteiger partial charge in [0.05, 0.1) is 19.3 Å². The zero-order valence-electron chi connectivity index (χ0n) is 19.6. The van der Waals surface area contributed by atoms with Crippen LogP contribution in [-0.4, -0.2) is 40.5 Å². The summed E-state index contributed by atoms with van der Waals surface area (Å²) in [6, 6.07) is 26.5. The van der Waals surface area contributed by atoms with Crippen molar-refractivity contribution in [2.45, 2.75) is 38.7 Å². The topological polar surface area (TPSA) is 71.6 Å². The lowest BCUT2D eigenvalue weighted by atomic mass is 9.99. The van der Waals surface area contributed by atoms with Crippen molar-refractivity contribution < 1.29 is 19.1 Å². The van der Waals surface area contributed by atoms with E-state index in [0.29, 0.717) is 25.1 Å². The van der Waals surface area contributed by atoms with E-state index < -0.39 is 12.1 Å². The number of hydrogen-bond acceptors (Lipinski definition) is 4. The number of ether oxygens (including phenoxy) is 2. The van der Waals surface area contributed by atoms with Crippen molar-refractivity contribution in [2.24, 2.45) is 0 Å². The molecule has 0 unspecified atom stereocenters. The van der Waals surface area contributed by atoms with Crippen LogP contribution < -0.4 is 0 Å². The fourth-order valence-corrected chi connectivity index (χ4v) is 4.72.